The van der Waals surface area contributed by atoms with Crippen LogP contribution in [-0.4, -0.2) is 5.11 Å². The Balaban J connectivity index is 2.05. The summed E-state index contributed by atoms with van der Waals surface area (Å²) in [6.45, 7) is 6.15. The number of thiocarbonyl (C=S) groups is 1. The number of anilines is 1. The fraction of sp³-hybridized carbons (Fsp3) is 0.316. The van der Waals surface area contributed by atoms with Gasteiger partial charge in [-0.3, -0.25) is 0 Å². The van der Waals surface area contributed by atoms with Crippen LogP contribution < -0.4 is 10.6 Å². The van der Waals surface area contributed by atoms with E-state index in [2.05, 4.69) is 42.7 Å². The van der Waals surface area contributed by atoms with Gasteiger partial charge in [0, 0.05) is 5.69 Å². The summed E-state index contributed by atoms with van der Waals surface area (Å²) in [5, 5.41) is 6.55. The van der Waals surface area contributed by atoms with Crippen molar-refractivity contribution in [1.82, 2.24) is 5.32 Å². The highest BCUT2D eigenvalue weighted by Gasteiger charge is 2.29. The molecule has 2 aromatic rings. The van der Waals surface area contributed by atoms with E-state index >= 15 is 0 Å². The normalized spacial score (nSPS) is 12.6. The summed E-state index contributed by atoms with van der Waals surface area (Å²) >= 11 is 5.31. The highest BCUT2D eigenvalue weighted by molar-refractivity contribution is 7.80. The smallest absolute Gasteiger partial charge is 0.356 e. The van der Waals surface area contributed by atoms with E-state index in [0.29, 0.717) is 10.8 Å². The van der Waals surface area contributed by atoms with Crippen molar-refractivity contribution in [3.8, 4) is 0 Å². The Morgan fingerprint density at radius 2 is 1.72 bits per heavy atom. The molecule has 2 nitrogen and oxygen atoms in total. The summed E-state index contributed by atoms with van der Waals surface area (Å²) in [6, 6.07) is 11.1. The lowest BCUT2D eigenvalue weighted by Crippen LogP contribution is -2.32. The molecule has 1 unspecified atom stereocenters. The molecule has 2 N–H and O–H groups in total. The molecule has 0 saturated carbocycles. The van der Waals surface area contributed by atoms with Crippen LogP contribution in [0.15, 0.2) is 42.5 Å². The Hall–Kier alpha value is -2.08. The number of halogens is 3. The third kappa shape index (κ3) is 5.19. The van der Waals surface area contributed by atoms with Crippen molar-refractivity contribution in [2.75, 3.05) is 5.32 Å². The number of benzene rings is 2. The quantitative estimate of drug-likeness (QED) is 0.673. The largest absolute Gasteiger partial charge is 0.416 e. The summed E-state index contributed by atoms with van der Waals surface area (Å²) in [7, 11) is 0. The predicted molar refractivity (Wildman–Crippen MR) is 99.7 cm³/mol. The minimum Gasteiger partial charge on any atom is -0.356 e. The van der Waals surface area contributed by atoms with E-state index in [9.17, 15) is 13.2 Å². The second-order valence-corrected chi connectivity index (χ2v) is 6.40. The van der Waals surface area contributed by atoms with Crippen LogP contribution in [0.4, 0.5) is 18.9 Å². The monoisotopic (exact) mass is 366 g/mol. The maximum Gasteiger partial charge on any atom is 0.416 e. The van der Waals surface area contributed by atoms with Gasteiger partial charge >= 0.3 is 6.18 Å². The number of hydrogen-bond acceptors (Lipinski definition) is 1. The molecule has 0 aliphatic rings. The Kier molecular flexibility index (Phi) is 6.06. The molecule has 0 amide bonds. The molecule has 0 saturated heterocycles. The van der Waals surface area contributed by atoms with E-state index in [1.54, 1.807) is 0 Å². The zero-order valence-electron chi connectivity index (χ0n) is 14.4. The molecule has 2 aromatic carbocycles. The molecule has 134 valence electrons. The number of aryl methyl sites for hydroxylation is 2. The van der Waals surface area contributed by atoms with E-state index in [1.165, 1.54) is 23.3 Å². The Morgan fingerprint density at radius 1 is 1.08 bits per heavy atom. The molecule has 0 radical (unpaired) electrons. The van der Waals surface area contributed by atoms with Crippen molar-refractivity contribution in [1.29, 1.82) is 0 Å². The van der Waals surface area contributed by atoms with Crippen LogP contribution in [0.1, 0.15) is 41.6 Å². The minimum absolute atomic E-state index is 0.0371. The number of alkyl halides is 3. The summed E-state index contributed by atoms with van der Waals surface area (Å²) in [6.07, 6.45) is -3.51. The molecule has 0 aliphatic heterocycles. The van der Waals surface area contributed by atoms with Gasteiger partial charge < -0.3 is 10.6 Å². The average Bonchev–Trinajstić information content (AvgIpc) is 2.53. The molecule has 6 heteroatoms. The highest BCUT2D eigenvalue weighted by Crippen LogP contribution is 2.30. The zero-order valence-corrected chi connectivity index (χ0v) is 15.2. The first-order valence-corrected chi connectivity index (χ1v) is 8.43. The van der Waals surface area contributed by atoms with Crippen molar-refractivity contribution >= 4 is 23.0 Å². The molecular formula is C19H21F3N2S. The lowest BCUT2D eigenvalue weighted by Gasteiger charge is -2.22. The first-order valence-electron chi connectivity index (χ1n) is 8.02. The van der Waals surface area contributed by atoms with E-state index in [4.69, 9.17) is 12.2 Å². The van der Waals surface area contributed by atoms with Crippen LogP contribution in [0.25, 0.3) is 0 Å². The Bertz CT molecular complexity index is 739. The van der Waals surface area contributed by atoms with Gasteiger partial charge in [-0.15, -0.1) is 0 Å². The van der Waals surface area contributed by atoms with Crippen LogP contribution in [0.3, 0.4) is 0 Å². The molecule has 1 atom stereocenters. The molecule has 25 heavy (non-hydrogen) atoms. The number of hydrogen-bond donors (Lipinski definition) is 2. The van der Waals surface area contributed by atoms with Crippen molar-refractivity contribution in [2.45, 2.75) is 39.4 Å². The maximum absolute atomic E-state index is 12.6. The Labute approximate surface area is 151 Å². The topological polar surface area (TPSA) is 24.1 Å². The van der Waals surface area contributed by atoms with Crippen molar-refractivity contribution < 1.29 is 13.2 Å². The van der Waals surface area contributed by atoms with Crippen LogP contribution in [0, 0.1) is 13.8 Å². The second kappa shape index (κ2) is 7.87. The van der Waals surface area contributed by atoms with Crippen LogP contribution in [0.2, 0.25) is 0 Å². The first-order chi connectivity index (χ1) is 11.7. The Morgan fingerprint density at radius 3 is 2.24 bits per heavy atom. The van der Waals surface area contributed by atoms with Gasteiger partial charge in [-0.05, 0) is 67.9 Å². The molecular weight excluding hydrogens is 345 g/mol. The van der Waals surface area contributed by atoms with E-state index < -0.39 is 11.7 Å². The molecule has 2 rings (SSSR count). The van der Waals surface area contributed by atoms with Gasteiger partial charge in [-0.2, -0.15) is 13.2 Å². The van der Waals surface area contributed by atoms with Crippen LogP contribution >= 0.6 is 12.2 Å². The summed E-state index contributed by atoms with van der Waals surface area (Å²) in [5.74, 6) is 0. The summed E-state index contributed by atoms with van der Waals surface area (Å²) < 4.78 is 37.8. The second-order valence-electron chi connectivity index (χ2n) is 5.99. The van der Waals surface area contributed by atoms with Gasteiger partial charge in [0.2, 0.25) is 0 Å². The standard InChI is InChI=1S/C19H21F3N2S/c1-4-17(16-10-5-12(2)11-13(16)3)24-18(25)23-15-8-6-14(7-9-15)19(20,21)22/h5-11,17H,4H2,1-3H3,(H2,23,24,25). The minimum atomic E-state index is -4.34. The van der Waals surface area contributed by atoms with Crippen LogP contribution in [0.5, 0.6) is 0 Å². The van der Waals surface area contributed by atoms with E-state index in [-0.39, 0.29) is 6.04 Å². The van der Waals surface area contributed by atoms with E-state index in [1.807, 2.05) is 6.92 Å². The lowest BCUT2D eigenvalue weighted by atomic mass is 9.98. The molecule has 0 fully saturated rings. The maximum atomic E-state index is 12.6. The molecule has 0 aromatic heterocycles. The fourth-order valence-electron chi connectivity index (χ4n) is 2.68. The predicted octanol–water partition coefficient (Wildman–Crippen LogP) is 5.76. The van der Waals surface area contributed by atoms with Gasteiger partial charge in [0.05, 0.1) is 11.6 Å². The van der Waals surface area contributed by atoms with Gasteiger partial charge in [0.15, 0.2) is 5.11 Å². The molecule has 0 bridgehead atoms. The first kappa shape index (κ1) is 19.2. The summed E-state index contributed by atoms with van der Waals surface area (Å²) in [5.41, 5.74) is 3.36. The highest BCUT2D eigenvalue weighted by atomic mass is 32.1. The summed E-state index contributed by atoms with van der Waals surface area (Å²) in [4.78, 5) is 0. The van der Waals surface area contributed by atoms with Crippen LogP contribution in [-0.2, 0) is 6.18 Å². The fourth-order valence-corrected chi connectivity index (χ4v) is 2.94. The zero-order chi connectivity index (χ0) is 18.6. The van der Waals surface area contributed by atoms with Gasteiger partial charge in [-0.1, -0.05) is 30.7 Å². The van der Waals surface area contributed by atoms with Crippen molar-refractivity contribution in [3.63, 3.8) is 0 Å². The van der Waals surface area contributed by atoms with Gasteiger partial charge in [-0.25, -0.2) is 0 Å². The molecule has 0 aliphatic carbocycles. The number of nitrogens with one attached hydrogen (secondary N) is 2. The van der Waals surface area contributed by atoms with Crippen molar-refractivity contribution in [2.24, 2.45) is 0 Å². The lowest BCUT2D eigenvalue weighted by molar-refractivity contribution is -0.137. The third-order valence-corrected chi connectivity index (χ3v) is 4.20. The average molecular weight is 366 g/mol. The van der Waals surface area contributed by atoms with Gasteiger partial charge in [0.1, 0.15) is 0 Å². The third-order valence-electron chi connectivity index (χ3n) is 3.98. The van der Waals surface area contributed by atoms with Crippen molar-refractivity contribution in [3.05, 3.63) is 64.7 Å². The number of rotatable bonds is 4. The van der Waals surface area contributed by atoms with Gasteiger partial charge in [0.25, 0.3) is 0 Å². The molecule has 0 heterocycles. The molecule has 0 spiro atoms. The SMILES string of the molecule is CCC(NC(=S)Nc1ccc(C(F)(F)F)cc1)c1ccc(C)cc1C. The van der Waals surface area contributed by atoms with E-state index in [0.717, 1.165) is 24.1 Å².